The lowest BCUT2D eigenvalue weighted by molar-refractivity contribution is -0.0201. The van der Waals surface area contributed by atoms with Crippen molar-refractivity contribution in [3.8, 4) is 23.5 Å². The average molecular weight is 600 g/mol. The molecule has 43 heavy (non-hydrogen) atoms. The summed E-state index contributed by atoms with van der Waals surface area (Å²) >= 11 is 0. The summed E-state index contributed by atoms with van der Waals surface area (Å²) in [5.41, 5.74) is 4.81. The number of amides is 1. The summed E-state index contributed by atoms with van der Waals surface area (Å²) in [6.07, 6.45) is 4.72. The standard InChI is InChI=1S/C33H45NO9/c1-3-13-36-15-17-38-19-21-40-23-25-42-26-24-41-22-20-39-18-16-37-14-12-34(2)33(35)43-27-32-30-10-6-4-8-28(30)29-9-5-7-11-31(29)32/h1,4-11,32H,12-27H2,2H3. The molecule has 0 saturated carbocycles. The second-order valence-electron chi connectivity index (χ2n) is 9.66. The molecule has 2 aromatic carbocycles. The smallest absolute Gasteiger partial charge is 0.409 e. The second-order valence-corrected chi connectivity index (χ2v) is 9.66. The van der Waals surface area contributed by atoms with Crippen LogP contribution >= 0.6 is 0 Å². The summed E-state index contributed by atoms with van der Waals surface area (Å²) in [4.78, 5) is 14.1. The first-order valence-corrected chi connectivity index (χ1v) is 14.8. The lowest BCUT2D eigenvalue weighted by Crippen LogP contribution is -2.32. The number of hydrogen-bond acceptors (Lipinski definition) is 9. The number of nitrogens with zero attached hydrogens (tertiary/aromatic N) is 1. The normalized spacial score (nSPS) is 12.1. The SMILES string of the molecule is C#CCOCCOCCOCCOCCOCCOCCOCCN(C)C(=O)OCC1c2ccccc2-c2ccccc21. The van der Waals surface area contributed by atoms with Crippen LogP contribution in [0, 0.1) is 12.3 Å². The van der Waals surface area contributed by atoms with Crippen molar-refractivity contribution in [1.29, 1.82) is 0 Å². The van der Waals surface area contributed by atoms with Crippen LogP contribution in [-0.4, -0.2) is 124 Å². The first-order valence-electron chi connectivity index (χ1n) is 14.8. The van der Waals surface area contributed by atoms with E-state index in [9.17, 15) is 4.79 Å². The van der Waals surface area contributed by atoms with Gasteiger partial charge in [-0.2, -0.15) is 0 Å². The molecule has 0 unspecified atom stereocenters. The molecule has 0 spiro atoms. The van der Waals surface area contributed by atoms with Gasteiger partial charge in [-0.1, -0.05) is 54.5 Å². The summed E-state index contributed by atoms with van der Waals surface area (Å²) in [5, 5.41) is 0. The zero-order valence-corrected chi connectivity index (χ0v) is 25.2. The fourth-order valence-corrected chi connectivity index (χ4v) is 4.45. The Morgan fingerprint density at radius 1 is 0.651 bits per heavy atom. The Morgan fingerprint density at radius 2 is 1.05 bits per heavy atom. The Kier molecular flexibility index (Phi) is 17.4. The minimum absolute atomic E-state index is 0.0439. The Hall–Kier alpha value is -3.01. The lowest BCUT2D eigenvalue weighted by atomic mass is 9.98. The molecule has 0 aromatic heterocycles. The van der Waals surface area contributed by atoms with Crippen molar-refractivity contribution in [3.63, 3.8) is 0 Å². The number of likely N-dealkylation sites (N-methyl/N-ethyl adjacent to an activating group) is 1. The highest BCUT2D eigenvalue weighted by Gasteiger charge is 2.29. The molecule has 0 heterocycles. The molecule has 0 bridgehead atoms. The first kappa shape index (κ1) is 34.5. The molecule has 10 nitrogen and oxygen atoms in total. The van der Waals surface area contributed by atoms with Gasteiger partial charge in [0.1, 0.15) is 13.2 Å². The van der Waals surface area contributed by atoms with E-state index >= 15 is 0 Å². The van der Waals surface area contributed by atoms with Gasteiger partial charge in [-0.3, -0.25) is 0 Å². The maximum absolute atomic E-state index is 12.6. The number of rotatable bonds is 24. The van der Waals surface area contributed by atoms with E-state index in [1.54, 1.807) is 7.05 Å². The fraction of sp³-hybridized carbons (Fsp3) is 0.545. The third-order valence-corrected chi connectivity index (χ3v) is 6.64. The monoisotopic (exact) mass is 599 g/mol. The van der Waals surface area contributed by atoms with Crippen molar-refractivity contribution in [2.45, 2.75) is 5.92 Å². The number of terminal acetylenes is 1. The van der Waals surface area contributed by atoms with Crippen LogP contribution in [0.15, 0.2) is 48.5 Å². The number of carbonyl (C=O) groups excluding carboxylic acids is 1. The molecule has 0 aliphatic heterocycles. The Balaban J connectivity index is 1.08. The van der Waals surface area contributed by atoms with Gasteiger partial charge in [0.25, 0.3) is 0 Å². The Bertz CT molecular complexity index is 1040. The first-order chi connectivity index (χ1) is 21.2. The van der Waals surface area contributed by atoms with Gasteiger partial charge in [0.2, 0.25) is 0 Å². The molecule has 0 atom stereocenters. The van der Waals surface area contributed by atoms with Crippen molar-refractivity contribution in [1.82, 2.24) is 4.90 Å². The summed E-state index contributed by atoms with van der Waals surface area (Å²) in [6, 6.07) is 16.6. The van der Waals surface area contributed by atoms with E-state index in [1.165, 1.54) is 27.2 Å². The molecular weight excluding hydrogens is 554 g/mol. The van der Waals surface area contributed by atoms with Crippen LogP contribution in [0.2, 0.25) is 0 Å². The molecule has 2 aromatic rings. The van der Waals surface area contributed by atoms with E-state index in [4.69, 9.17) is 44.3 Å². The summed E-state index contributed by atoms with van der Waals surface area (Å²) in [6.45, 7) is 7.25. The average Bonchev–Trinajstić information content (AvgIpc) is 3.35. The van der Waals surface area contributed by atoms with Gasteiger partial charge < -0.3 is 42.8 Å². The van der Waals surface area contributed by atoms with Crippen molar-refractivity contribution in [2.24, 2.45) is 0 Å². The Morgan fingerprint density at radius 3 is 1.49 bits per heavy atom. The minimum atomic E-state index is -0.362. The largest absolute Gasteiger partial charge is 0.448 e. The topological polar surface area (TPSA) is 94.2 Å². The van der Waals surface area contributed by atoms with Crippen LogP contribution in [0.4, 0.5) is 4.79 Å². The molecule has 0 radical (unpaired) electrons. The highest BCUT2D eigenvalue weighted by atomic mass is 16.6. The predicted molar refractivity (Wildman–Crippen MR) is 162 cm³/mol. The molecule has 1 aliphatic carbocycles. The van der Waals surface area contributed by atoms with Gasteiger partial charge in [0.05, 0.1) is 85.9 Å². The molecule has 236 valence electrons. The van der Waals surface area contributed by atoms with E-state index in [-0.39, 0.29) is 12.0 Å². The minimum Gasteiger partial charge on any atom is -0.448 e. The third-order valence-electron chi connectivity index (χ3n) is 6.64. The second kappa shape index (κ2) is 21.6. The molecule has 1 aliphatic rings. The van der Waals surface area contributed by atoms with E-state index in [2.05, 4.69) is 30.2 Å². The van der Waals surface area contributed by atoms with Crippen LogP contribution in [0.3, 0.4) is 0 Å². The molecule has 1 amide bonds. The summed E-state index contributed by atoms with van der Waals surface area (Å²) < 4.78 is 43.6. The van der Waals surface area contributed by atoms with Gasteiger partial charge in [-0.15, -0.1) is 6.42 Å². The van der Waals surface area contributed by atoms with Crippen molar-refractivity contribution in [3.05, 3.63) is 59.7 Å². The highest BCUT2D eigenvalue weighted by molar-refractivity contribution is 5.79. The molecule has 3 rings (SSSR count). The zero-order valence-electron chi connectivity index (χ0n) is 25.2. The summed E-state index contributed by atoms with van der Waals surface area (Å²) in [7, 11) is 1.71. The van der Waals surface area contributed by atoms with Crippen LogP contribution in [0.5, 0.6) is 0 Å². The molecule has 10 heteroatoms. The zero-order chi connectivity index (χ0) is 30.4. The van der Waals surface area contributed by atoms with Gasteiger partial charge in [0, 0.05) is 19.5 Å². The molecule has 0 saturated heterocycles. The Labute approximate surface area is 255 Å². The highest BCUT2D eigenvalue weighted by Crippen LogP contribution is 2.44. The maximum Gasteiger partial charge on any atom is 0.409 e. The number of carbonyl (C=O) groups is 1. The van der Waals surface area contributed by atoms with Crippen LogP contribution in [0.1, 0.15) is 17.0 Å². The van der Waals surface area contributed by atoms with E-state index < -0.39 is 0 Å². The molecule has 0 N–H and O–H groups in total. The lowest BCUT2D eigenvalue weighted by Gasteiger charge is -2.19. The summed E-state index contributed by atoms with van der Waals surface area (Å²) in [5.74, 6) is 2.44. The van der Waals surface area contributed by atoms with Crippen molar-refractivity contribution in [2.75, 3.05) is 113 Å². The van der Waals surface area contributed by atoms with E-state index in [0.29, 0.717) is 106 Å². The third kappa shape index (κ3) is 13.0. The number of fused-ring (bicyclic) bond motifs is 3. The van der Waals surface area contributed by atoms with Crippen molar-refractivity contribution < 1.29 is 42.7 Å². The predicted octanol–water partition coefficient (Wildman–Crippen LogP) is 3.62. The van der Waals surface area contributed by atoms with Gasteiger partial charge in [0.15, 0.2) is 0 Å². The van der Waals surface area contributed by atoms with Crippen LogP contribution in [0.25, 0.3) is 11.1 Å². The van der Waals surface area contributed by atoms with Gasteiger partial charge in [-0.05, 0) is 22.3 Å². The number of hydrogen-bond donors (Lipinski definition) is 0. The number of benzene rings is 2. The van der Waals surface area contributed by atoms with Crippen LogP contribution < -0.4 is 0 Å². The van der Waals surface area contributed by atoms with E-state index in [0.717, 1.165) is 0 Å². The fourth-order valence-electron chi connectivity index (χ4n) is 4.45. The van der Waals surface area contributed by atoms with E-state index in [1.807, 2.05) is 24.3 Å². The number of ether oxygens (including phenoxy) is 8. The van der Waals surface area contributed by atoms with Gasteiger partial charge >= 0.3 is 6.09 Å². The molecule has 0 fully saturated rings. The maximum atomic E-state index is 12.6. The van der Waals surface area contributed by atoms with Crippen molar-refractivity contribution >= 4 is 6.09 Å². The quantitative estimate of drug-likeness (QED) is 0.133. The van der Waals surface area contributed by atoms with Crippen LogP contribution in [-0.2, 0) is 37.9 Å². The van der Waals surface area contributed by atoms with Gasteiger partial charge in [-0.25, -0.2) is 4.79 Å². The molecular formula is C33H45NO9.